The molecule has 0 aliphatic carbocycles. The van der Waals surface area contributed by atoms with Crippen molar-refractivity contribution in [2.75, 3.05) is 38.7 Å². The summed E-state index contributed by atoms with van der Waals surface area (Å²) in [5, 5.41) is 22.7. The predicted octanol–water partition coefficient (Wildman–Crippen LogP) is 4.23. The number of nitrogens with zero attached hydrogens (tertiary/aromatic N) is 5. The van der Waals surface area contributed by atoms with Crippen molar-refractivity contribution in [1.29, 1.82) is 5.26 Å². The minimum Gasteiger partial charge on any atom is -0.497 e. The quantitative estimate of drug-likeness (QED) is 0.392. The molecule has 166 valence electrons. The molecule has 1 fully saturated rings. The van der Waals surface area contributed by atoms with Gasteiger partial charge < -0.3 is 14.5 Å². The van der Waals surface area contributed by atoms with Crippen LogP contribution in [0.25, 0.3) is 10.9 Å². The van der Waals surface area contributed by atoms with Gasteiger partial charge in [0, 0.05) is 50.4 Å². The largest absolute Gasteiger partial charge is 0.497 e. The van der Waals surface area contributed by atoms with Crippen LogP contribution in [0.5, 0.6) is 5.75 Å². The molecule has 0 bridgehead atoms. The van der Waals surface area contributed by atoms with Gasteiger partial charge in [-0.15, -0.1) is 0 Å². The van der Waals surface area contributed by atoms with Gasteiger partial charge in [-0.05, 0) is 60.4 Å². The number of methoxy groups -OCH3 is 1. The average molecular weight is 452 g/mol. The van der Waals surface area contributed by atoms with E-state index in [-0.39, 0.29) is 9.92 Å². The van der Waals surface area contributed by atoms with Crippen molar-refractivity contribution >= 4 is 32.2 Å². The van der Waals surface area contributed by atoms with E-state index < -0.39 is 0 Å². The molecule has 32 heavy (non-hydrogen) atoms. The van der Waals surface area contributed by atoms with Crippen LogP contribution < -0.4 is 9.64 Å². The average Bonchev–Trinajstić information content (AvgIpc) is 3.32. The monoisotopic (exact) mass is 451 g/mol. The maximum atomic E-state index is 11.0. The molecule has 4 rings (SSSR count). The number of anilines is 1. The van der Waals surface area contributed by atoms with Crippen LogP contribution in [0, 0.1) is 21.4 Å². The Hall–Kier alpha value is -3.22. The minimum atomic E-state index is -0.335. The van der Waals surface area contributed by atoms with Gasteiger partial charge in [0.25, 0.3) is 0 Å². The number of nitriles is 1. The SMILES string of the molecule is COc1ccc2ncc(C#N)c(CCN3CCC(N(C)c4ccc([N+](=O)[O-])s4)CC3)c2c1. The van der Waals surface area contributed by atoms with E-state index in [1.54, 1.807) is 19.4 Å². The first-order valence-corrected chi connectivity index (χ1v) is 11.4. The highest BCUT2D eigenvalue weighted by atomic mass is 32.1. The summed E-state index contributed by atoms with van der Waals surface area (Å²) in [6, 6.07) is 11.8. The fourth-order valence-corrected chi connectivity index (χ4v) is 5.16. The van der Waals surface area contributed by atoms with Gasteiger partial charge >= 0.3 is 5.00 Å². The molecule has 1 aliphatic heterocycles. The molecule has 1 aromatic carbocycles. The van der Waals surface area contributed by atoms with Gasteiger partial charge in [-0.2, -0.15) is 5.26 Å². The molecule has 0 amide bonds. The molecule has 0 unspecified atom stereocenters. The first kappa shape index (κ1) is 22.0. The third-order valence-electron chi connectivity index (χ3n) is 6.20. The number of thiophene rings is 1. The first-order valence-electron chi connectivity index (χ1n) is 10.5. The predicted molar refractivity (Wildman–Crippen MR) is 126 cm³/mol. The summed E-state index contributed by atoms with van der Waals surface area (Å²) in [6.45, 7) is 2.78. The Labute approximate surface area is 190 Å². The van der Waals surface area contributed by atoms with E-state index in [9.17, 15) is 15.4 Å². The highest BCUT2D eigenvalue weighted by molar-refractivity contribution is 7.19. The lowest BCUT2D eigenvalue weighted by molar-refractivity contribution is -0.380. The molecular weight excluding hydrogens is 426 g/mol. The van der Waals surface area contributed by atoms with E-state index >= 15 is 0 Å². The molecule has 0 saturated carbocycles. The Bertz CT molecular complexity index is 1160. The Kier molecular flexibility index (Phi) is 6.53. The van der Waals surface area contributed by atoms with Gasteiger partial charge in [0.05, 0.1) is 28.1 Å². The number of rotatable bonds is 7. The summed E-state index contributed by atoms with van der Waals surface area (Å²) in [5.41, 5.74) is 2.49. The fourth-order valence-electron chi connectivity index (χ4n) is 4.30. The van der Waals surface area contributed by atoms with Gasteiger partial charge in [0.15, 0.2) is 0 Å². The van der Waals surface area contributed by atoms with Crippen LogP contribution in [0.2, 0.25) is 0 Å². The van der Waals surface area contributed by atoms with Crippen molar-refractivity contribution in [2.45, 2.75) is 25.3 Å². The molecule has 0 N–H and O–H groups in total. The van der Waals surface area contributed by atoms with Crippen LogP contribution in [0.3, 0.4) is 0 Å². The Balaban J connectivity index is 1.40. The number of fused-ring (bicyclic) bond motifs is 1. The molecule has 2 aromatic heterocycles. The van der Waals surface area contributed by atoms with Crippen molar-refractivity contribution in [3.63, 3.8) is 0 Å². The summed E-state index contributed by atoms with van der Waals surface area (Å²) in [7, 11) is 3.66. The number of pyridine rings is 1. The van der Waals surface area contributed by atoms with Gasteiger partial charge in [-0.3, -0.25) is 15.1 Å². The summed E-state index contributed by atoms with van der Waals surface area (Å²) < 4.78 is 5.37. The van der Waals surface area contributed by atoms with Crippen molar-refractivity contribution in [3.8, 4) is 11.8 Å². The summed E-state index contributed by atoms with van der Waals surface area (Å²) in [4.78, 5) is 19.6. The fraction of sp³-hybridized carbons (Fsp3) is 0.391. The van der Waals surface area contributed by atoms with Crippen LogP contribution in [-0.4, -0.2) is 54.6 Å². The molecule has 0 atom stereocenters. The normalized spacial score (nSPS) is 14.9. The molecule has 0 radical (unpaired) electrons. The number of likely N-dealkylation sites (tertiary alicyclic amines) is 1. The minimum absolute atomic E-state index is 0.179. The van der Waals surface area contributed by atoms with Crippen molar-refractivity contribution in [3.05, 3.63) is 57.8 Å². The van der Waals surface area contributed by atoms with E-state index in [2.05, 4.69) is 20.9 Å². The van der Waals surface area contributed by atoms with Crippen molar-refractivity contribution in [2.24, 2.45) is 0 Å². The van der Waals surface area contributed by atoms with E-state index in [1.807, 2.05) is 31.3 Å². The smallest absolute Gasteiger partial charge is 0.326 e. The first-order chi connectivity index (χ1) is 15.5. The van der Waals surface area contributed by atoms with E-state index in [1.165, 1.54) is 11.3 Å². The second-order valence-electron chi connectivity index (χ2n) is 7.95. The second kappa shape index (κ2) is 9.51. The number of ether oxygens (including phenoxy) is 1. The second-order valence-corrected chi connectivity index (χ2v) is 8.99. The number of benzene rings is 1. The lowest BCUT2D eigenvalue weighted by Gasteiger charge is -2.37. The summed E-state index contributed by atoms with van der Waals surface area (Å²) in [6.07, 6.45) is 4.43. The molecule has 3 aromatic rings. The Morgan fingerprint density at radius 1 is 1.34 bits per heavy atom. The molecule has 1 saturated heterocycles. The molecule has 8 nitrogen and oxygen atoms in total. The molecule has 0 spiro atoms. The maximum Gasteiger partial charge on any atom is 0.326 e. The molecule has 9 heteroatoms. The van der Waals surface area contributed by atoms with E-state index in [0.29, 0.717) is 11.6 Å². The van der Waals surface area contributed by atoms with Gasteiger partial charge in [0.2, 0.25) is 0 Å². The maximum absolute atomic E-state index is 11.0. The standard InChI is InChI=1S/C23H25N5O3S/c1-26(22-5-6-23(32-22)28(29)30)17-7-10-27(11-8-17)12-9-19-16(14-24)15-25-21-4-3-18(31-2)13-20(19)21/h3-6,13,15,17H,7-12H2,1-2H3. The van der Waals surface area contributed by atoms with Crippen LogP contribution in [0.15, 0.2) is 36.5 Å². The summed E-state index contributed by atoms with van der Waals surface area (Å²) >= 11 is 1.23. The number of hydrogen-bond acceptors (Lipinski definition) is 8. The third kappa shape index (κ3) is 4.52. The Morgan fingerprint density at radius 2 is 2.12 bits per heavy atom. The zero-order valence-electron chi connectivity index (χ0n) is 18.2. The van der Waals surface area contributed by atoms with Gasteiger partial charge in [-0.1, -0.05) is 0 Å². The van der Waals surface area contributed by atoms with Crippen LogP contribution in [0.4, 0.5) is 10.0 Å². The number of nitro groups is 1. The molecular formula is C23H25N5O3S. The number of hydrogen-bond donors (Lipinski definition) is 0. The summed E-state index contributed by atoms with van der Waals surface area (Å²) in [5.74, 6) is 0.758. The molecule has 3 heterocycles. The van der Waals surface area contributed by atoms with Crippen LogP contribution in [-0.2, 0) is 6.42 Å². The van der Waals surface area contributed by atoms with Crippen molar-refractivity contribution in [1.82, 2.24) is 9.88 Å². The highest BCUT2D eigenvalue weighted by Crippen LogP contribution is 2.33. The lowest BCUT2D eigenvalue weighted by Crippen LogP contribution is -2.43. The Morgan fingerprint density at radius 3 is 2.78 bits per heavy atom. The zero-order chi connectivity index (χ0) is 22.7. The van der Waals surface area contributed by atoms with Crippen molar-refractivity contribution < 1.29 is 9.66 Å². The number of piperidine rings is 1. The van der Waals surface area contributed by atoms with Gasteiger partial charge in [0.1, 0.15) is 11.8 Å². The zero-order valence-corrected chi connectivity index (χ0v) is 19.0. The lowest BCUT2D eigenvalue weighted by atomic mass is 9.99. The van der Waals surface area contributed by atoms with Crippen LogP contribution in [0.1, 0.15) is 24.0 Å². The highest BCUT2D eigenvalue weighted by Gasteiger charge is 2.25. The topological polar surface area (TPSA) is 95.5 Å². The third-order valence-corrected chi connectivity index (χ3v) is 7.32. The number of aromatic nitrogens is 1. The van der Waals surface area contributed by atoms with E-state index in [0.717, 1.165) is 66.1 Å². The van der Waals surface area contributed by atoms with Gasteiger partial charge in [-0.25, -0.2) is 0 Å². The van der Waals surface area contributed by atoms with E-state index in [4.69, 9.17) is 4.74 Å². The van der Waals surface area contributed by atoms with Crippen LogP contribution >= 0.6 is 11.3 Å². The molecule has 1 aliphatic rings.